The van der Waals surface area contributed by atoms with Crippen LogP contribution in [-0.4, -0.2) is 39.3 Å². The highest BCUT2D eigenvalue weighted by molar-refractivity contribution is 6.31. The number of aromatic carboxylic acids is 1. The molecule has 0 aliphatic carbocycles. The standard InChI is InChI=1S/C14H14ClN3O3/c15-11-4-2-1-3-9(11)7-12-13(14(19)20)16-17-18(12)10-5-6-21-8-10/h1-4,10H,5-8H2,(H,19,20). The van der Waals surface area contributed by atoms with Crippen LogP contribution in [0, 0.1) is 0 Å². The molecular weight excluding hydrogens is 294 g/mol. The topological polar surface area (TPSA) is 77.2 Å². The SMILES string of the molecule is O=C(O)c1nnn(C2CCOC2)c1Cc1ccccc1Cl. The molecule has 7 heteroatoms. The smallest absolute Gasteiger partial charge is 0.358 e. The first-order valence-electron chi connectivity index (χ1n) is 6.65. The molecule has 1 aromatic carbocycles. The van der Waals surface area contributed by atoms with Crippen LogP contribution in [0.5, 0.6) is 0 Å². The zero-order valence-corrected chi connectivity index (χ0v) is 12.0. The first-order valence-corrected chi connectivity index (χ1v) is 7.03. The monoisotopic (exact) mass is 307 g/mol. The van der Waals surface area contributed by atoms with Crippen LogP contribution in [0.4, 0.5) is 0 Å². The largest absolute Gasteiger partial charge is 0.476 e. The number of ether oxygens (including phenoxy) is 1. The molecule has 1 fully saturated rings. The highest BCUT2D eigenvalue weighted by Crippen LogP contribution is 2.25. The van der Waals surface area contributed by atoms with E-state index in [1.165, 1.54) is 0 Å². The number of nitrogens with zero attached hydrogens (tertiary/aromatic N) is 3. The predicted molar refractivity (Wildman–Crippen MR) is 75.7 cm³/mol. The molecule has 21 heavy (non-hydrogen) atoms. The molecular formula is C14H14ClN3O3. The number of carbonyl (C=O) groups is 1. The molecule has 110 valence electrons. The van der Waals surface area contributed by atoms with E-state index in [0.717, 1.165) is 12.0 Å². The van der Waals surface area contributed by atoms with E-state index in [4.69, 9.17) is 16.3 Å². The molecule has 1 atom stereocenters. The summed E-state index contributed by atoms with van der Waals surface area (Å²) in [5, 5.41) is 17.7. The van der Waals surface area contributed by atoms with Crippen molar-refractivity contribution in [3.05, 3.63) is 46.2 Å². The fourth-order valence-corrected chi connectivity index (χ4v) is 2.68. The third kappa shape index (κ3) is 2.77. The van der Waals surface area contributed by atoms with Gasteiger partial charge in [0.25, 0.3) is 0 Å². The van der Waals surface area contributed by atoms with E-state index in [0.29, 0.717) is 30.4 Å². The molecule has 1 aliphatic heterocycles. The van der Waals surface area contributed by atoms with Gasteiger partial charge in [0.1, 0.15) is 0 Å². The van der Waals surface area contributed by atoms with Gasteiger partial charge in [0.05, 0.1) is 18.3 Å². The summed E-state index contributed by atoms with van der Waals surface area (Å²) in [4.78, 5) is 11.3. The Morgan fingerprint density at radius 1 is 1.48 bits per heavy atom. The average Bonchev–Trinajstić information content (AvgIpc) is 3.10. The van der Waals surface area contributed by atoms with Crippen molar-refractivity contribution in [1.29, 1.82) is 0 Å². The Balaban J connectivity index is 2.00. The fraction of sp³-hybridized carbons (Fsp3) is 0.357. The lowest BCUT2D eigenvalue weighted by molar-refractivity contribution is 0.0689. The van der Waals surface area contributed by atoms with Crippen LogP contribution in [-0.2, 0) is 11.2 Å². The van der Waals surface area contributed by atoms with E-state index in [1.807, 2.05) is 18.2 Å². The van der Waals surface area contributed by atoms with Gasteiger partial charge in [-0.1, -0.05) is 35.0 Å². The van der Waals surface area contributed by atoms with Crippen molar-refractivity contribution in [3.63, 3.8) is 0 Å². The summed E-state index contributed by atoms with van der Waals surface area (Å²) in [7, 11) is 0. The van der Waals surface area contributed by atoms with E-state index in [9.17, 15) is 9.90 Å². The van der Waals surface area contributed by atoms with Gasteiger partial charge in [0, 0.05) is 18.1 Å². The van der Waals surface area contributed by atoms with Gasteiger partial charge in [-0.2, -0.15) is 0 Å². The Morgan fingerprint density at radius 2 is 2.29 bits per heavy atom. The van der Waals surface area contributed by atoms with Crippen molar-refractivity contribution >= 4 is 17.6 Å². The Hall–Kier alpha value is -1.92. The lowest BCUT2D eigenvalue weighted by Gasteiger charge is -2.12. The zero-order valence-electron chi connectivity index (χ0n) is 11.2. The minimum absolute atomic E-state index is 0.0261. The van der Waals surface area contributed by atoms with Crippen LogP contribution in [0.25, 0.3) is 0 Å². The number of carboxylic acids is 1. The first-order chi connectivity index (χ1) is 10.2. The summed E-state index contributed by atoms with van der Waals surface area (Å²) < 4.78 is 7.01. The molecule has 1 N–H and O–H groups in total. The molecule has 2 heterocycles. The number of halogens is 1. The van der Waals surface area contributed by atoms with Crippen LogP contribution in [0.2, 0.25) is 5.02 Å². The van der Waals surface area contributed by atoms with Crippen molar-refractivity contribution in [2.24, 2.45) is 0 Å². The van der Waals surface area contributed by atoms with Crippen molar-refractivity contribution in [2.75, 3.05) is 13.2 Å². The molecule has 1 saturated heterocycles. The molecule has 1 aromatic heterocycles. The number of carboxylic acid groups (broad SMARTS) is 1. The molecule has 2 aromatic rings. The second-order valence-corrected chi connectivity index (χ2v) is 5.33. The maximum atomic E-state index is 11.3. The molecule has 0 radical (unpaired) electrons. The molecule has 1 aliphatic rings. The fourth-order valence-electron chi connectivity index (χ4n) is 2.47. The number of rotatable bonds is 4. The lowest BCUT2D eigenvalue weighted by Crippen LogP contribution is -2.15. The van der Waals surface area contributed by atoms with Gasteiger partial charge in [0.2, 0.25) is 0 Å². The lowest BCUT2D eigenvalue weighted by atomic mass is 10.1. The van der Waals surface area contributed by atoms with Gasteiger partial charge >= 0.3 is 5.97 Å². The highest BCUT2D eigenvalue weighted by Gasteiger charge is 2.26. The van der Waals surface area contributed by atoms with Crippen molar-refractivity contribution in [2.45, 2.75) is 18.9 Å². The average molecular weight is 308 g/mol. The predicted octanol–water partition coefficient (Wildman–Crippen LogP) is 2.18. The summed E-state index contributed by atoms with van der Waals surface area (Å²) in [6.45, 7) is 1.18. The highest BCUT2D eigenvalue weighted by atomic mass is 35.5. The second-order valence-electron chi connectivity index (χ2n) is 4.92. The summed E-state index contributed by atoms with van der Waals surface area (Å²) in [6, 6.07) is 7.39. The molecule has 0 bridgehead atoms. The first kappa shape index (κ1) is 14.0. The van der Waals surface area contributed by atoms with E-state index >= 15 is 0 Å². The molecule has 1 unspecified atom stereocenters. The van der Waals surface area contributed by atoms with Gasteiger partial charge in [-0.15, -0.1) is 5.10 Å². The van der Waals surface area contributed by atoms with Crippen LogP contribution >= 0.6 is 11.6 Å². The van der Waals surface area contributed by atoms with Crippen LogP contribution < -0.4 is 0 Å². The molecule has 0 amide bonds. The Bertz CT molecular complexity index is 665. The van der Waals surface area contributed by atoms with Gasteiger partial charge in [-0.05, 0) is 18.1 Å². The van der Waals surface area contributed by atoms with E-state index in [-0.39, 0.29) is 11.7 Å². The summed E-state index contributed by atoms with van der Waals surface area (Å²) >= 11 is 6.16. The van der Waals surface area contributed by atoms with Gasteiger partial charge in [-0.25, -0.2) is 9.48 Å². The van der Waals surface area contributed by atoms with Gasteiger partial charge < -0.3 is 9.84 Å². The van der Waals surface area contributed by atoms with Crippen molar-refractivity contribution in [3.8, 4) is 0 Å². The summed E-state index contributed by atoms with van der Waals surface area (Å²) in [5.74, 6) is -1.08. The molecule has 3 rings (SSSR count). The number of hydrogen-bond acceptors (Lipinski definition) is 4. The van der Waals surface area contributed by atoms with Gasteiger partial charge in [-0.3, -0.25) is 0 Å². The third-order valence-electron chi connectivity index (χ3n) is 3.56. The Labute approximate surface area is 126 Å². The molecule has 6 nitrogen and oxygen atoms in total. The third-order valence-corrected chi connectivity index (χ3v) is 3.93. The quantitative estimate of drug-likeness (QED) is 0.937. The normalized spacial score (nSPS) is 18.0. The van der Waals surface area contributed by atoms with Crippen molar-refractivity contribution in [1.82, 2.24) is 15.0 Å². The second kappa shape index (κ2) is 5.83. The maximum absolute atomic E-state index is 11.3. The minimum Gasteiger partial charge on any atom is -0.476 e. The number of aromatic nitrogens is 3. The zero-order chi connectivity index (χ0) is 14.8. The Morgan fingerprint density at radius 3 is 2.95 bits per heavy atom. The van der Waals surface area contributed by atoms with Crippen molar-refractivity contribution < 1.29 is 14.6 Å². The molecule has 0 spiro atoms. The minimum atomic E-state index is -1.08. The van der Waals surface area contributed by atoms with Crippen LogP contribution in [0.1, 0.15) is 34.2 Å². The van der Waals surface area contributed by atoms with Gasteiger partial charge in [0.15, 0.2) is 5.69 Å². The number of hydrogen-bond donors (Lipinski definition) is 1. The van der Waals surface area contributed by atoms with E-state index in [2.05, 4.69) is 10.3 Å². The summed E-state index contributed by atoms with van der Waals surface area (Å²) in [5.41, 5.74) is 1.39. The summed E-state index contributed by atoms with van der Waals surface area (Å²) in [6.07, 6.45) is 1.18. The van der Waals surface area contributed by atoms with Crippen LogP contribution in [0.15, 0.2) is 24.3 Å². The van der Waals surface area contributed by atoms with Crippen LogP contribution in [0.3, 0.4) is 0 Å². The molecule has 0 saturated carbocycles. The maximum Gasteiger partial charge on any atom is 0.358 e. The van der Waals surface area contributed by atoms with E-state index < -0.39 is 5.97 Å². The number of benzene rings is 1. The van der Waals surface area contributed by atoms with E-state index in [1.54, 1.807) is 10.7 Å². The Kier molecular flexibility index (Phi) is 3.90.